The number of alkyl halides is 1. The molecule has 0 saturated carbocycles. The molecule has 0 radical (unpaired) electrons. The summed E-state index contributed by atoms with van der Waals surface area (Å²) in [6.45, 7) is 2.43. The number of ether oxygens (including phenoxy) is 2. The summed E-state index contributed by atoms with van der Waals surface area (Å²) in [7, 11) is 1.48. The molecule has 0 aromatic heterocycles. The van der Waals surface area contributed by atoms with E-state index in [1.54, 1.807) is 36.4 Å². The molecule has 1 aliphatic rings. The number of methoxy groups -OCH3 is 1. The van der Waals surface area contributed by atoms with Crippen LogP contribution in [0.25, 0.3) is 0 Å². The third-order valence-corrected chi connectivity index (χ3v) is 5.35. The summed E-state index contributed by atoms with van der Waals surface area (Å²) < 4.78 is 23.1. The van der Waals surface area contributed by atoms with Gasteiger partial charge >= 0.3 is 0 Å². The van der Waals surface area contributed by atoms with Crippen molar-refractivity contribution < 1.29 is 28.2 Å². The Labute approximate surface area is 191 Å². The van der Waals surface area contributed by atoms with Gasteiger partial charge < -0.3 is 14.8 Å². The molecule has 1 unspecified atom stereocenters. The van der Waals surface area contributed by atoms with E-state index in [9.17, 15) is 18.8 Å². The fourth-order valence-corrected chi connectivity index (χ4v) is 3.53. The monoisotopic (exact) mass is 455 g/mol. The van der Waals surface area contributed by atoms with Gasteiger partial charge in [0.2, 0.25) is 18.6 Å². The molecule has 8 nitrogen and oxygen atoms in total. The third-order valence-electron chi connectivity index (χ3n) is 5.35. The van der Waals surface area contributed by atoms with E-state index in [1.807, 2.05) is 13.0 Å². The number of nitrogens with zero attached hydrogens (tertiary/aromatic N) is 2. The molecule has 1 atom stereocenters. The van der Waals surface area contributed by atoms with Crippen molar-refractivity contribution in [2.45, 2.75) is 33.2 Å². The summed E-state index contributed by atoms with van der Waals surface area (Å²) in [6.07, 6.45) is 1.02. The van der Waals surface area contributed by atoms with Gasteiger partial charge in [0, 0.05) is 30.5 Å². The fraction of sp³-hybridized carbons (Fsp3) is 0.333. The number of benzene rings is 2. The second kappa shape index (κ2) is 10.7. The number of hydrogen-bond donors (Lipinski definition) is 1. The predicted molar refractivity (Wildman–Crippen MR) is 121 cm³/mol. The summed E-state index contributed by atoms with van der Waals surface area (Å²) in [5.41, 5.74) is 2.73. The summed E-state index contributed by atoms with van der Waals surface area (Å²) in [5, 5.41) is 8.54. The molecule has 0 aliphatic carbocycles. The van der Waals surface area contributed by atoms with E-state index in [-0.39, 0.29) is 24.1 Å². The molecule has 3 rings (SSSR count). The van der Waals surface area contributed by atoms with Crippen LogP contribution in [0.2, 0.25) is 0 Å². The molecule has 174 valence electrons. The molecule has 2 aromatic rings. The summed E-state index contributed by atoms with van der Waals surface area (Å²) in [6, 6.07) is 12.0. The van der Waals surface area contributed by atoms with Gasteiger partial charge in [-0.05, 0) is 42.3 Å². The van der Waals surface area contributed by atoms with Crippen molar-refractivity contribution in [3.8, 4) is 11.5 Å². The quantitative estimate of drug-likeness (QED) is 0.582. The largest absolute Gasteiger partial charge is 0.493 e. The molecule has 1 aliphatic heterocycles. The average Bonchev–Trinajstić information content (AvgIpc) is 2.81. The van der Waals surface area contributed by atoms with Gasteiger partial charge in [-0.2, -0.15) is 5.10 Å². The molecule has 0 saturated heterocycles. The van der Waals surface area contributed by atoms with E-state index < -0.39 is 18.6 Å². The van der Waals surface area contributed by atoms with Crippen molar-refractivity contribution in [3.63, 3.8) is 0 Å². The summed E-state index contributed by atoms with van der Waals surface area (Å²) in [4.78, 5) is 35.4. The van der Waals surface area contributed by atoms with Crippen molar-refractivity contribution in [1.82, 2.24) is 5.01 Å². The lowest BCUT2D eigenvalue weighted by atomic mass is 9.89. The van der Waals surface area contributed by atoms with E-state index in [4.69, 9.17) is 9.47 Å². The highest BCUT2D eigenvalue weighted by Crippen LogP contribution is 2.32. The highest BCUT2D eigenvalue weighted by atomic mass is 19.1. The van der Waals surface area contributed by atoms with Gasteiger partial charge in [0.25, 0.3) is 5.91 Å². The molecule has 0 fully saturated rings. The first-order valence-electron chi connectivity index (χ1n) is 10.5. The van der Waals surface area contributed by atoms with Crippen molar-refractivity contribution in [2.24, 2.45) is 11.0 Å². The summed E-state index contributed by atoms with van der Waals surface area (Å²) in [5.74, 6) is -0.779. The number of halogens is 1. The number of nitrogens with one attached hydrogen (secondary N) is 1. The van der Waals surface area contributed by atoms with Crippen LogP contribution in [0.4, 0.5) is 10.1 Å². The summed E-state index contributed by atoms with van der Waals surface area (Å²) >= 11 is 0. The minimum Gasteiger partial charge on any atom is -0.493 e. The number of carbonyl (C=O) groups is 3. The Morgan fingerprint density at radius 2 is 1.91 bits per heavy atom. The molecule has 0 bridgehead atoms. The Morgan fingerprint density at radius 3 is 2.52 bits per heavy atom. The van der Waals surface area contributed by atoms with Gasteiger partial charge in [-0.15, -0.1) is 0 Å². The van der Waals surface area contributed by atoms with E-state index in [2.05, 4.69) is 10.4 Å². The van der Waals surface area contributed by atoms with Crippen molar-refractivity contribution in [1.29, 1.82) is 0 Å². The van der Waals surface area contributed by atoms with Crippen LogP contribution in [0.5, 0.6) is 11.5 Å². The van der Waals surface area contributed by atoms with Crippen LogP contribution in [0.1, 0.15) is 37.8 Å². The van der Waals surface area contributed by atoms with Crippen LogP contribution in [-0.4, -0.2) is 42.3 Å². The first kappa shape index (κ1) is 23.9. The van der Waals surface area contributed by atoms with E-state index in [0.717, 1.165) is 11.1 Å². The lowest BCUT2D eigenvalue weighted by molar-refractivity contribution is -0.133. The lowest BCUT2D eigenvalue weighted by Crippen LogP contribution is -2.36. The number of Topliss-reactive ketones (excluding diaryl/α,β-unsaturated/α-hetero) is 1. The van der Waals surface area contributed by atoms with Crippen LogP contribution < -0.4 is 14.8 Å². The molecule has 1 heterocycles. The number of hydrogen-bond acceptors (Lipinski definition) is 6. The standard InChI is InChI=1S/C24H26FN3O5/c1-4-17-12-22(30)28(13-16-5-8-19(9-6-16)26-24(31)15(2)29)27-23(17)18-7-10-20(32-3)21(11-18)33-14-25/h5-11,17H,4,12-14H2,1-3H3,(H,26,31). The lowest BCUT2D eigenvalue weighted by Gasteiger charge is -2.29. The second-order valence-electron chi connectivity index (χ2n) is 7.57. The molecular weight excluding hydrogens is 429 g/mol. The number of hydrazone groups is 1. The highest BCUT2D eigenvalue weighted by molar-refractivity contribution is 6.39. The number of carbonyl (C=O) groups excluding carboxylic acids is 3. The van der Waals surface area contributed by atoms with E-state index in [0.29, 0.717) is 30.0 Å². The Kier molecular flexibility index (Phi) is 7.76. The van der Waals surface area contributed by atoms with Gasteiger partial charge in [0.05, 0.1) is 19.4 Å². The van der Waals surface area contributed by atoms with E-state index in [1.165, 1.54) is 19.0 Å². The molecule has 2 aromatic carbocycles. The van der Waals surface area contributed by atoms with Crippen molar-refractivity contribution in [3.05, 3.63) is 53.6 Å². The minimum atomic E-state index is -0.989. The number of amides is 2. The van der Waals surface area contributed by atoms with Crippen LogP contribution in [0.3, 0.4) is 0 Å². The molecule has 9 heteroatoms. The maximum atomic E-state index is 12.8. The Bertz CT molecular complexity index is 1070. The number of rotatable bonds is 9. The normalized spacial score (nSPS) is 15.6. The molecule has 33 heavy (non-hydrogen) atoms. The molecular formula is C24H26FN3O5. The smallest absolute Gasteiger partial charge is 0.291 e. The SMILES string of the molecule is CCC1CC(=O)N(Cc2ccc(NC(=O)C(C)=O)cc2)N=C1c1ccc(OC)c(OCF)c1. The zero-order valence-corrected chi connectivity index (χ0v) is 18.8. The zero-order chi connectivity index (χ0) is 24.0. The van der Waals surface area contributed by atoms with E-state index >= 15 is 0 Å². The second-order valence-corrected chi connectivity index (χ2v) is 7.57. The van der Waals surface area contributed by atoms with Gasteiger partial charge in [-0.1, -0.05) is 19.1 Å². The van der Waals surface area contributed by atoms with Crippen LogP contribution in [-0.2, 0) is 20.9 Å². The maximum Gasteiger partial charge on any atom is 0.291 e. The van der Waals surface area contributed by atoms with Crippen LogP contribution >= 0.6 is 0 Å². The van der Waals surface area contributed by atoms with Crippen molar-refractivity contribution in [2.75, 3.05) is 19.3 Å². The predicted octanol–water partition coefficient (Wildman–Crippen LogP) is 3.69. The number of ketones is 1. The highest BCUT2D eigenvalue weighted by Gasteiger charge is 2.29. The van der Waals surface area contributed by atoms with Crippen molar-refractivity contribution >= 4 is 29.0 Å². The molecule has 1 N–H and O–H groups in total. The topological polar surface area (TPSA) is 97.3 Å². The fourth-order valence-electron chi connectivity index (χ4n) is 3.53. The Hall–Kier alpha value is -3.75. The Morgan fingerprint density at radius 1 is 1.18 bits per heavy atom. The van der Waals surface area contributed by atoms with Gasteiger partial charge in [-0.25, -0.2) is 9.40 Å². The maximum absolute atomic E-state index is 12.8. The minimum absolute atomic E-state index is 0.0791. The molecule has 2 amide bonds. The van der Waals surface area contributed by atoms with Crippen LogP contribution in [0.15, 0.2) is 47.6 Å². The van der Waals surface area contributed by atoms with Gasteiger partial charge in [0.1, 0.15) is 0 Å². The Balaban J connectivity index is 1.85. The number of anilines is 1. The van der Waals surface area contributed by atoms with Crippen LogP contribution in [0, 0.1) is 5.92 Å². The first-order chi connectivity index (χ1) is 15.9. The third kappa shape index (κ3) is 5.74. The molecule has 0 spiro atoms. The first-order valence-corrected chi connectivity index (χ1v) is 10.5. The zero-order valence-electron chi connectivity index (χ0n) is 18.8. The van der Waals surface area contributed by atoms with Gasteiger partial charge in [0.15, 0.2) is 11.5 Å². The average molecular weight is 455 g/mol. The van der Waals surface area contributed by atoms with Gasteiger partial charge in [-0.3, -0.25) is 14.4 Å².